The molecule has 5 heterocycles. The van der Waals surface area contributed by atoms with Crippen LogP contribution in [0.25, 0.3) is 50.7 Å². The third kappa shape index (κ3) is 27.8. The highest BCUT2D eigenvalue weighted by Gasteiger charge is 2.25. The van der Waals surface area contributed by atoms with Gasteiger partial charge in [-0.1, -0.05) is 105 Å². The van der Waals surface area contributed by atoms with Gasteiger partial charge >= 0.3 is 30.7 Å². The van der Waals surface area contributed by atoms with Gasteiger partial charge in [-0.2, -0.15) is 29.9 Å². The molecule has 15 aromatic rings. The molecule has 0 aliphatic rings. The van der Waals surface area contributed by atoms with Gasteiger partial charge in [-0.25, -0.2) is 33.3 Å². The van der Waals surface area contributed by atoms with E-state index in [1.54, 1.807) is 90.6 Å². The van der Waals surface area contributed by atoms with Gasteiger partial charge in [-0.3, -0.25) is 14.0 Å². The number of hydrogen-bond donors (Lipinski definition) is 0. The summed E-state index contributed by atoms with van der Waals surface area (Å²) in [5, 5.41) is 24.1. The second-order valence-electron chi connectivity index (χ2n) is 34.0. The highest BCUT2D eigenvalue weighted by Crippen LogP contribution is 2.40. The first kappa shape index (κ1) is 111. The van der Waals surface area contributed by atoms with E-state index >= 15 is 0 Å². The van der Waals surface area contributed by atoms with E-state index in [9.17, 15) is 28.4 Å². The Kier molecular flexibility index (Phi) is 38.6. The van der Waals surface area contributed by atoms with E-state index in [4.69, 9.17) is 86.9 Å². The summed E-state index contributed by atoms with van der Waals surface area (Å²) in [6.07, 6.45) is -3.55. The first-order valence-electron chi connectivity index (χ1n) is 45.7. The molecule has 15 rings (SSSR count). The summed E-state index contributed by atoms with van der Waals surface area (Å²) in [6, 6.07) is 58.2. The van der Waals surface area contributed by atoms with Gasteiger partial charge in [-0.05, 0) is 275 Å². The van der Waals surface area contributed by atoms with E-state index in [0.717, 1.165) is 156 Å². The molecule has 0 radical (unpaired) electrons. The Morgan fingerprint density at radius 2 is 0.664 bits per heavy atom. The Bertz CT molecular complexity index is 7270. The van der Waals surface area contributed by atoms with Crippen LogP contribution in [0.3, 0.4) is 0 Å². The number of methoxy groups -OCH3 is 5. The smallest absolute Gasteiger partial charge is 0.496 e. The quantitative estimate of drug-likeness (QED) is 0.0276. The minimum absolute atomic E-state index is 0.105. The number of nitrogens with zero attached hydrogens (tertiary/aromatic N) is 11. The summed E-state index contributed by atoms with van der Waals surface area (Å²) in [7, 11) is 16.9. The second-order valence-corrected chi connectivity index (χ2v) is 35.9. The Labute approximate surface area is 870 Å². The molecule has 31 nitrogen and oxygen atoms in total. The second kappa shape index (κ2) is 50.8. The predicted octanol–water partition coefficient (Wildman–Crippen LogP) is 25.9. The van der Waals surface area contributed by atoms with Crippen LogP contribution in [0.5, 0.6) is 63.2 Å². The molecular formula is C110H116BrCl3FN11O20. The van der Waals surface area contributed by atoms with Crippen molar-refractivity contribution < 1.29 is 99.4 Å². The Hall–Kier alpha value is -15.3. The van der Waals surface area contributed by atoms with Gasteiger partial charge in [0, 0.05) is 119 Å². The molecule has 0 bridgehead atoms. The first-order valence-corrected chi connectivity index (χ1v) is 47.6. The average Bonchev–Trinajstić information content (AvgIpc) is 1.67. The fourth-order valence-corrected chi connectivity index (χ4v) is 16.1. The largest absolute Gasteiger partial charge is 0.513 e. The van der Waals surface area contributed by atoms with E-state index in [0.29, 0.717) is 78.1 Å². The van der Waals surface area contributed by atoms with Crippen molar-refractivity contribution in [2.45, 2.75) is 130 Å². The number of carbonyl (C=O) groups excluding carboxylic acids is 5. The standard InChI is InChI=1S/C23H26ClN3O3.C22H23ClN2O4.C22H23FN2O5.C22H24N2O4.C21H20BrClN2O4/c1-14-8-7-9-20(30-23(28)26(4)5)18(14)13-29-19-11-10-17(12-15(19)2)21-16(3)22(24)27(6)25-21;1-13-7-6-8-17(20(13)29-22(26)27-5)12-28-18-10-9-16(11-14(18)2)19-15(3)21(23)25(4)24-19;1-13-11-15(20-14(2)21(23)25(3)24-20)9-10-17(13)29-12-16-18(27-4)7-6-8-19(16)30-22(26)28-5;1-14-7-6-8-21(28-22(25)26-5)19(14)13-27-20-10-9-18(11-15(20)2)24-17(4)12-16(3)23-24;1-12-10-14(19-13(2)20(23)25(3)24-19)8-9-17(12)28-11-15-16(22)6-5-7-18(15)29-21(26)27-4/h7-12H,13H2,1-6H3;6-11H,12H2,1-5H3;6-11H,12H2,1-5H3;6-12H,13H2,1-5H3;5-10H,11H2,1-4H3. The number of amides is 1. The van der Waals surface area contributed by atoms with E-state index in [2.05, 4.69) is 60.4 Å². The van der Waals surface area contributed by atoms with Crippen molar-refractivity contribution in [2.75, 3.05) is 49.6 Å². The molecule has 0 fully saturated rings. The Morgan fingerprint density at radius 1 is 0.336 bits per heavy atom. The van der Waals surface area contributed by atoms with Gasteiger partial charge < -0.3 is 76.0 Å². The van der Waals surface area contributed by atoms with Crippen LogP contribution in [0.2, 0.25) is 15.5 Å². The molecule has 0 aliphatic heterocycles. The van der Waals surface area contributed by atoms with Crippen molar-refractivity contribution in [3.05, 3.63) is 320 Å². The van der Waals surface area contributed by atoms with Gasteiger partial charge in [0.2, 0.25) is 5.95 Å². The third-order valence-electron chi connectivity index (χ3n) is 23.3. The van der Waals surface area contributed by atoms with Gasteiger partial charge in [0.1, 0.15) is 112 Å². The van der Waals surface area contributed by atoms with Crippen LogP contribution in [-0.4, -0.2) is 134 Å². The van der Waals surface area contributed by atoms with Gasteiger partial charge in [0.25, 0.3) is 0 Å². The molecule has 10 aromatic carbocycles. The molecule has 0 atom stereocenters. The number of halogens is 5. The normalized spacial score (nSPS) is 10.7. The number of para-hydroxylation sites is 1. The zero-order valence-electron chi connectivity index (χ0n) is 85.9. The lowest BCUT2D eigenvalue weighted by Gasteiger charge is -2.17. The summed E-state index contributed by atoms with van der Waals surface area (Å²) in [4.78, 5) is 59.4. The van der Waals surface area contributed by atoms with Crippen molar-refractivity contribution in [1.82, 2.24) is 53.8 Å². The summed E-state index contributed by atoms with van der Waals surface area (Å²) < 4.78 is 103. The van der Waals surface area contributed by atoms with Crippen LogP contribution >= 0.6 is 50.7 Å². The highest BCUT2D eigenvalue weighted by molar-refractivity contribution is 9.10. The topological polar surface area (TPSA) is 316 Å². The molecule has 0 saturated carbocycles. The molecule has 0 N–H and O–H groups in total. The molecule has 5 aromatic heterocycles. The van der Waals surface area contributed by atoms with Gasteiger partial charge in [-0.15, -0.1) is 0 Å². The van der Waals surface area contributed by atoms with Crippen molar-refractivity contribution in [3.63, 3.8) is 0 Å². The average molecular weight is 2120 g/mol. The molecule has 766 valence electrons. The minimum Gasteiger partial charge on any atom is -0.496 e. The SMILES string of the molecule is COC(=O)Oc1c(C)cccc1COc1ccc(-c2nn(C)c(Cl)c2C)cc1C.COC(=O)Oc1cccc(Br)c1COc1ccc(-c2nn(C)c(Cl)c2C)cc1C.COC(=O)Oc1cccc(C)c1COc1ccc(-n2nc(C)cc2C)cc1C.COC(=O)Oc1cccc(OC)c1COc1ccc(-c2nn(C)c(F)c2C)cc1C.Cc1cc(-c2nn(C)c(Cl)c2C)ccc1OCc1c(C)cccc1OC(=O)N(C)C. The van der Waals surface area contributed by atoms with Crippen LogP contribution in [0.4, 0.5) is 28.4 Å². The lowest BCUT2D eigenvalue weighted by molar-refractivity contribution is 0.119. The molecule has 0 spiro atoms. The van der Waals surface area contributed by atoms with Crippen molar-refractivity contribution >= 4 is 81.4 Å². The van der Waals surface area contributed by atoms with Crippen LogP contribution in [0, 0.1) is 103 Å². The van der Waals surface area contributed by atoms with E-state index in [1.807, 2.05) is 255 Å². The van der Waals surface area contributed by atoms with Crippen LogP contribution in [0.15, 0.2) is 193 Å². The monoisotopic (exact) mass is 2110 g/mol. The molecule has 36 heteroatoms. The van der Waals surface area contributed by atoms with Gasteiger partial charge in [0.15, 0.2) is 0 Å². The highest BCUT2D eigenvalue weighted by atomic mass is 79.9. The maximum Gasteiger partial charge on any atom is 0.513 e. The summed E-state index contributed by atoms with van der Waals surface area (Å²) >= 11 is 22.2. The Morgan fingerprint density at radius 3 is 1.03 bits per heavy atom. The third-order valence-corrected chi connectivity index (χ3v) is 25.6. The number of ether oxygens (including phenoxy) is 15. The number of aromatic nitrogens is 10. The molecule has 0 saturated heterocycles. The molecule has 146 heavy (non-hydrogen) atoms. The summed E-state index contributed by atoms with van der Waals surface area (Å²) in [5.41, 5.74) is 24.4. The fourth-order valence-electron chi connectivity index (χ4n) is 15.3. The maximum atomic E-state index is 14.0. The fraction of sp³-hybridized carbons (Fsp3) is 0.273. The van der Waals surface area contributed by atoms with Crippen LogP contribution < -0.4 is 52.1 Å². The summed E-state index contributed by atoms with van der Waals surface area (Å²) in [6.45, 7) is 28.3. The Balaban J connectivity index is 0.000000174. The molecular weight excluding hydrogens is 2000 g/mol. The summed E-state index contributed by atoms with van der Waals surface area (Å²) in [5.74, 6) is 5.80. The zero-order chi connectivity index (χ0) is 106. The molecule has 0 aliphatic carbocycles. The molecule has 1 amide bonds. The molecule has 0 unspecified atom stereocenters. The lowest BCUT2D eigenvalue weighted by atomic mass is 10.1. The predicted molar refractivity (Wildman–Crippen MR) is 559 cm³/mol. The number of carbonyl (C=O) groups is 5. The van der Waals surface area contributed by atoms with Crippen LogP contribution in [-0.2, 0) is 80.2 Å². The van der Waals surface area contributed by atoms with Crippen LogP contribution in [0.1, 0.15) is 106 Å². The number of benzene rings is 10. The van der Waals surface area contributed by atoms with Crippen molar-refractivity contribution in [1.29, 1.82) is 0 Å². The first-order chi connectivity index (χ1) is 69.5. The van der Waals surface area contributed by atoms with Gasteiger partial charge in [0.05, 0.1) is 75.3 Å². The van der Waals surface area contributed by atoms with E-state index in [-0.39, 0.29) is 44.7 Å². The van der Waals surface area contributed by atoms with Crippen molar-refractivity contribution in [2.24, 2.45) is 28.2 Å². The van der Waals surface area contributed by atoms with E-state index < -0.39 is 30.7 Å². The number of hydrogen-bond acceptors (Lipinski definition) is 25. The number of rotatable bonds is 26. The van der Waals surface area contributed by atoms with E-state index in [1.165, 1.54) is 45.1 Å². The minimum atomic E-state index is -0.831. The maximum absolute atomic E-state index is 14.0. The zero-order valence-corrected chi connectivity index (χ0v) is 89.8. The number of aryl methyl sites for hydroxylation is 14. The van der Waals surface area contributed by atoms with Crippen molar-refractivity contribution in [3.8, 4) is 114 Å². The lowest BCUT2D eigenvalue weighted by Crippen LogP contribution is -2.25.